The summed E-state index contributed by atoms with van der Waals surface area (Å²) in [5, 5.41) is 10.7. The molecule has 0 heterocycles. The number of ether oxygens (including phenoxy) is 4. The van der Waals surface area contributed by atoms with E-state index in [1.54, 1.807) is 0 Å². The normalized spacial score (nSPS) is 13.7. The van der Waals surface area contributed by atoms with Crippen LogP contribution < -0.4 is 0 Å². The third kappa shape index (κ3) is 80.1. The second-order valence-corrected chi connectivity index (χ2v) is 34.7. The number of phosphoric acid groups is 2. The lowest BCUT2D eigenvalue weighted by molar-refractivity contribution is -0.161. The number of aliphatic hydroxyl groups is 1. The molecule has 106 heavy (non-hydrogen) atoms. The van der Waals surface area contributed by atoms with Gasteiger partial charge in [0.15, 0.2) is 12.2 Å². The van der Waals surface area contributed by atoms with Gasteiger partial charge in [-0.3, -0.25) is 37.3 Å². The topological polar surface area (TPSA) is 237 Å². The number of carbonyl (C=O) groups is 4. The van der Waals surface area contributed by atoms with E-state index in [0.717, 1.165) is 95.8 Å². The van der Waals surface area contributed by atoms with Gasteiger partial charge in [-0.1, -0.05) is 420 Å². The molecule has 0 saturated carbocycles. The molecule has 0 fully saturated rings. The quantitative estimate of drug-likeness (QED) is 0.0222. The summed E-state index contributed by atoms with van der Waals surface area (Å²) in [4.78, 5) is 73.2. The zero-order chi connectivity index (χ0) is 77.6. The maximum absolute atomic E-state index is 13.2. The Labute approximate surface area is 651 Å². The monoisotopic (exact) mass is 1550 g/mol. The molecule has 0 aliphatic carbocycles. The van der Waals surface area contributed by atoms with Gasteiger partial charge >= 0.3 is 39.5 Å². The van der Waals surface area contributed by atoms with Crippen molar-refractivity contribution >= 4 is 39.5 Å². The third-order valence-corrected chi connectivity index (χ3v) is 22.4. The Hall–Kier alpha value is -1.94. The molecular formula is C87H170O17P2. The number of rotatable bonds is 87. The maximum atomic E-state index is 13.2. The molecule has 0 aromatic carbocycles. The van der Waals surface area contributed by atoms with Gasteiger partial charge in [0.25, 0.3) is 0 Å². The summed E-state index contributed by atoms with van der Waals surface area (Å²) in [6, 6.07) is 0. The SMILES string of the molecule is CCCCCCCCCCCCCCCCCCCCCCCCC(=O)O[C@H](COC(=O)CCCCCCCCCCCCCCCCCCCCCC)COP(=O)(O)OC[C@@H](O)COP(=O)(O)OC[C@@H](COC(=O)CCCCCCCCCCCCCC)OC(=O)CCCCCCCCCCCC(C)C. The molecule has 3 N–H and O–H groups in total. The summed E-state index contributed by atoms with van der Waals surface area (Å²) in [6.07, 6.45) is 73.8. The molecule has 0 spiro atoms. The standard InChI is InChI=1S/C87H170O17P2/c1-6-9-12-15-18-21-24-27-29-31-33-35-36-38-40-42-44-47-52-57-62-67-72-86(91)103-82(76-98-85(90)71-66-61-56-51-46-43-41-39-37-34-32-30-28-25-22-19-16-13-10-7-2)78-101-105(93,94)99-74-81(88)75-100-106(95,96)102-79-83(104-87(92)73-68-63-58-53-48-49-54-59-64-69-80(4)5)77-97-84(89)70-65-60-55-50-45-26-23-20-17-14-11-8-3/h80-83,88H,6-79H2,1-5H3,(H,93,94)(H,95,96)/t81-,82-,83-/m1/s1. The lowest BCUT2D eigenvalue weighted by Gasteiger charge is -2.21. The van der Waals surface area contributed by atoms with Crippen molar-refractivity contribution in [3.05, 3.63) is 0 Å². The van der Waals surface area contributed by atoms with Crippen LogP contribution in [0.25, 0.3) is 0 Å². The van der Waals surface area contributed by atoms with Gasteiger partial charge in [0.1, 0.15) is 19.3 Å². The number of carbonyl (C=O) groups excluding carboxylic acids is 4. The lowest BCUT2D eigenvalue weighted by Crippen LogP contribution is -2.30. The molecule has 630 valence electrons. The van der Waals surface area contributed by atoms with Crippen LogP contribution >= 0.6 is 15.6 Å². The van der Waals surface area contributed by atoms with Crippen molar-refractivity contribution in [1.82, 2.24) is 0 Å². The third-order valence-electron chi connectivity index (χ3n) is 20.5. The summed E-state index contributed by atoms with van der Waals surface area (Å²) in [5.41, 5.74) is 0. The zero-order valence-corrected chi connectivity index (χ0v) is 71.4. The first-order valence-corrected chi connectivity index (χ1v) is 48.1. The highest BCUT2D eigenvalue weighted by Gasteiger charge is 2.30. The van der Waals surface area contributed by atoms with E-state index in [-0.39, 0.29) is 25.7 Å². The summed E-state index contributed by atoms with van der Waals surface area (Å²) in [7, 11) is -9.93. The Morgan fingerprint density at radius 2 is 0.434 bits per heavy atom. The number of unbranched alkanes of at least 4 members (excludes halogenated alkanes) is 59. The van der Waals surface area contributed by atoms with E-state index in [4.69, 9.17) is 37.0 Å². The van der Waals surface area contributed by atoms with Gasteiger partial charge in [-0.05, 0) is 31.6 Å². The first-order valence-electron chi connectivity index (χ1n) is 45.1. The van der Waals surface area contributed by atoms with Crippen molar-refractivity contribution in [2.75, 3.05) is 39.6 Å². The van der Waals surface area contributed by atoms with Gasteiger partial charge in [-0.15, -0.1) is 0 Å². The van der Waals surface area contributed by atoms with E-state index in [9.17, 15) is 43.2 Å². The Morgan fingerprint density at radius 3 is 0.642 bits per heavy atom. The fourth-order valence-electron chi connectivity index (χ4n) is 13.6. The van der Waals surface area contributed by atoms with E-state index in [0.29, 0.717) is 25.7 Å². The minimum absolute atomic E-state index is 0.106. The van der Waals surface area contributed by atoms with Crippen LogP contribution in [-0.2, 0) is 65.4 Å². The Bertz CT molecular complexity index is 2010. The van der Waals surface area contributed by atoms with Crippen molar-refractivity contribution in [3.8, 4) is 0 Å². The first kappa shape index (κ1) is 104. The average molecular weight is 1550 g/mol. The molecule has 19 heteroatoms. The molecule has 0 aliphatic rings. The molecule has 0 bridgehead atoms. The molecule has 0 saturated heterocycles. The molecule has 2 unspecified atom stereocenters. The second kappa shape index (κ2) is 79.7. The van der Waals surface area contributed by atoms with Crippen molar-refractivity contribution in [2.24, 2.45) is 5.92 Å². The Kier molecular flexibility index (Phi) is 78.2. The van der Waals surface area contributed by atoms with Crippen LogP contribution in [0.5, 0.6) is 0 Å². The van der Waals surface area contributed by atoms with Crippen LogP contribution in [0.4, 0.5) is 0 Å². The highest BCUT2D eigenvalue weighted by Crippen LogP contribution is 2.45. The summed E-state index contributed by atoms with van der Waals surface area (Å²) < 4.78 is 68.9. The number of hydrogen-bond donors (Lipinski definition) is 3. The van der Waals surface area contributed by atoms with E-state index in [1.807, 2.05) is 0 Å². The summed E-state index contributed by atoms with van der Waals surface area (Å²) in [5.74, 6) is -1.36. The Morgan fingerprint density at radius 1 is 0.255 bits per heavy atom. The van der Waals surface area contributed by atoms with Gasteiger partial charge < -0.3 is 33.8 Å². The molecule has 0 aromatic heterocycles. The minimum atomic E-state index is -4.97. The number of hydrogen-bond acceptors (Lipinski definition) is 15. The van der Waals surface area contributed by atoms with Crippen LogP contribution in [0.3, 0.4) is 0 Å². The van der Waals surface area contributed by atoms with Crippen molar-refractivity contribution in [3.63, 3.8) is 0 Å². The predicted molar refractivity (Wildman–Crippen MR) is 437 cm³/mol. The lowest BCUT2D eigenvalue weighted by atomic mass is 10.0. The Balaban J connectivity index is 5.21. The highest BCUT2D eigenvalue weighted by molar-refractivity contribution is 7.47. The van der Waals surface area contributed by atoms with Gasteiger partial charge in [-0.25, -0.2) is 9.13 Å². The van der Waals surface area contributed by atoms with Crippen LogP contribution in [0.1, 0.15) is 471 Å². The molecule has 17 nitrogen and oxygen atoms in total. The van der Waals surface area contributed by atoms with E-state index >= 15 is 0 Å². The zero-order valence-electron chi connectivity index (χ0n) is 69.6. The molecule has 0 aromatic rings. The molecule has 5 atom stereocenters. The van der Waals surface area contributed by atoms with Crippen LogP contribution in [-0.4, -0.2) is 96.7 Å². The molecule has 0 radical (unpaired) electrons. The van der Waals surface area contributed by atoms with Gasteiger partial charge in [0.05, 0.1) is 26.4 Å². The van der Waals surface area contributed by atoms with Crippen molar-refractivity contribution < 1.29 is 80.2 Å². The smallest absolute Gasteiger partial charge is 0.462 e. The van der Waals surface area contributed by atoms with Crippen LogP contribution in [0.15, 0.2) is 0 Å². The van der Waals surface area contributed by atoms with E-state index in [2.05, 4.69) is 34.6 Å². The minimum Gasteiger partial charge on any atom is -0.462 e. The fraction of sp³-hybridized carbons (Fsp3) is 0.954. The van der Waals surface area contributed by atoms with Crippen LogP contribution in [0, 0.1) is 5.92 Å². The predicted octanol–water partition coefficient (Wildman–Crippen LogP) is 26.8. The molecule has 0 rings (SSSR count). The molecular weight excluding hydrogens is 1380 g/mol. The molecule has 0 aliphatic heterocycles. The van der Waals surface area contributed by atoms with Gasteiger partial charge in [0.2, 0.25) is 0 Å². The van der Waals surface area contributed by atoms with E-state index < -0.39 is 97.5 Å². The summed E-state index contributed by atoms with van der Waals surface area (Å²) >= 11 is 0. The largest absolute Gasteiger partial charge is 0.472 e. The number of phosphoric ester groups is 2. The second-order valence-electron chi connectivity index (χ2n) is 31.8. The fourth-order valence-corrected chi connectivity index (χ4v) is 15.2. The highest BCUT2D eigenvalue weighted by atomic mass is 31.2. The first-order chi connectivity index (χ1) is 51.5. The van der Waals surface area contributed by atoms with Crippen molar-refractivity contribution in [2.45, 2.75) is 490 Å². The van der Waals surface area contributed by atoms with Crippen LogP contribution in [0.2, 0.25) is 0 Å². The van der Waals surface area contributed by atoms with Gasteiger partial charge in [0, 0.05) is 25.7 Å². The summed E-state index contributed by atoms with van der Waals surface area (Å²) in [6.45, 7) is 7.34. The van der Waals surface area contributed by atoms with Gasteiger partial charge in [-0.2, -0.15) is 0 Å². The average Bonchev–Trinajstić information content (AvgIpc) is 0.900. The number of aliphatic hydroxyl groups excluding tert-OH is 1. The van der Waals surface area contributed by atoms with E-state index in [1.165, 1.54) is 295 Å². The molecule has 0 amide bonds. The number of esters is 4. The maximum Gasteiger partial charge on any atom is 0.472 e. The van der Waals surface area contributed by atoms with Crippen molar-refractivity contribution in [1.29, 1.82) is 0 Å².